The van der Waals surface area contributed by atoms with Crippen LogP contribution >= 0.6 is 11.3 Å². The predicted molar refractivity (Wildman–Crippen MR) is 111 cm³/mol. The van der Waals surface area contributed by atoms with Crippen molar-refractivity contribution in [3.05, 3.63) is 52.7 Å². The zero-order chi connectivity index (χ0) is 19.9. The van der Waals surface area contributed by atoms with Crippen molar-refractivity contribution in [1.82, 2.24) is 10.3 Å². The van der Waals surface area contributed by atoms with Crippen LogP contribution in [0.15, 0.2) is 42.2 Å². The highest BCUT2D eigenvalue weighted by Crippen LogP contribution is 2.30. The molecule has 0 fully saturated rings. The smallest absolute Gasteiger partial charge is 0.349 e. The Balaban J connectivity index is 1.50. The Bertz CT molecular complexity index is 872. The van der Waals surface area contributed by atoms with E-state index in [1.165, 1.54) is 29.8 Å². The zero-order valence-corrected chi connectivity index (χ0v) is 17.2. The minimum absolute atomic E-state index is 0.258. The number of pyridine rings is 1. The van der Waals surface area contributed by atoms with E-state index in [0.717, 1.165) is 35.3 Å². The van der Waals surface area contributed by atoms with Crippen LogP contribution in [0.5, 0.6) is 0 Å². The maximum atomic E-state index is 12.4. The van der Waals surface area contributed by atoms with Crippen LogP contribution < -0.4 is 5.32 Å². The van der Waals surface area contributed by atoms with Gasteiger partial charge in [0.15, 0.2) is 6.10 Å². The number of carbonyl (C=O) groups is 2. The Hall–Kier alpha value is -2.47. The number of nitrogens with one attached hydrogen (secondary N) is 1. The molecule has 0 saturated carbocycles. The summed E-state index contributed by atoms with van der Waals surface area (Å²) < 4.78 is 5.35. The van der Waals surface area contributed by atoms with Crippen LogP contribution in [0.2, 0.25) is 0 Å². The van der Waals surface area contributed by atoms with Crippen molar-refractivity contribution in [3.8, 4) is 10.4 Å². The summed E-state index contributed by atoms with van der Waals surface area (Å²) in [7, 11) is 0. The molecule has 0 bridgehead atoms. The summed E-state index contributed by atoms with van der Waals surface area (Å²) in [5.41, 5.74) is 3.50. The minimum atomic E-state index is -0.818. The molecule has 2 aromatic heterocycles. The average molecular weight is 399 g/mol. The molecule has 1 aliphatic carbocycles. The summed E-state index contributed by atoms with van der Waals surface area (Å²) >= 11 is 1.36. The third-order valence-corrected chi connectivity index (χ3v) is 5.97. The Labute approximate surface area is 169 Å². The van der Waals surface area contributed by atoms with Gasteiger partial charge in [-0.3, -0.25) is 9.78 Å². The first kappa shape index (κ1) is 20.3. The monoisotopic (exact) mass is 398 g/mol. The molecule has 0 aliphatic heterocycles. The number of aryl methyl sites for hydroxylation is 1. The first-order chi connectivity index (χ1) is 13.5. The van der Waals surface area contributed by atoms with E-state index >= 15 is 0 Å². The van der Waals surface area contributed by atoms with E-state index in [0.29, 0.717) is 11.4 Å². The number of ether oxygens (including phenoxy) is 1. The lowest BCUT2D eigenvalue weighted by Crippen LogP contribution is -2.36. The van der Waals surface area contributed by atoms with Crippen LogP contribution in [-0.4, -0.2) is 29.5 Å². The molecule has 3 rings (SSSR count). The van der Waals surface area contributed by atoms with Gasteiger partial charge in [-0.25, -0.2) is 4.79 Å². The quantitative estimate of drug-likeness (QED) is 0.544. The molecule has 1 amide bonds. The summed E-state index contributed by atoms with van der Waals surface area (Å²) in [6.07, 6.45) is 10.6. The second-order valence-electron chi connectivity index (χ2n) is 7.05. The minimum Gasteiger partial charge on any atom is -0.448 e. The van der Waals surface area contributed by atoms with Crippen LogP contribution in [-0.2, 0) is 9.53 Å². The number of thiophene rings is 1. The molecule has 1 atom stereocenters. The van der Waals surface area contributed by atoms with E-state index in [-0.39, 0.29) is 5.91 Å². The van der Waals surface area contributed by atoms with Crippen molar-refractivity contribution in [1.29, 1.82) is 0 Å². The molecule has 0 spiro atoms. The predicted octanol–water partition coefficient (Wildman–Crippen LogP) is 4.67. The van der Waals surface area contributed by atoms with E-state index in [1.807, 2.05) is 19.1 Å². The molecule has 2 aromatic rings. The maximum absolute atomic E-state index is 12.4. The van der Waals surface area contributed by atoms with Gasteiger partial charge < -0.3 is 10.1 Å². The van der Waals surface area contributed by atoms with Crippen LogP contribution in [0, 0.1) is 6.92 Å². The van der Waals surface area contributed by atoms with Gasteiger partial charge in [0, 0.05) is 23.8 Å². The molecule has 1 aliphatic rings. The number of hydrogen-bond donors (Lipinski definition) is 1. The molecule has 5 nitrogen and oxygen atoms in total. The second-order valence-corrected chi connectivity index (χ2v) is 8.13. The van der Waals surface area contributed by atoms with Crippen molar-refractivity contribution < 1.29 is 14.3 Å². The Morgan fingerprint density at radius 2 is 2.14 bits per heavy atom. The first-order valence-corrected chi connectivity index (χ1v) is 10.5. The number of esters is 1. The van der Waals surface area contributed by atoms with Gasteiger partial charge in [0.1, 0.15) is 4.88 Å². The number of aromatic nitrogens is 1. The SMILES string of the molecule is Cc1cnccc1-c1ccc(C(=O)OC(C)C(=O)NCCC2=CCCCC2)s1. The van der Waals surface area contributed by atoms with E-state index in [9.17, 15) is 9.59 Å². The molecule has 6 heteroatoms. The summed E-state index contributed by atoms with van der Waals surface area (Å²) in [5.74, 6) is -0.730. The van der Waals surface area contributed by atoms with Crippen molar-refractivity contribution in [2.75, 3.05) is 6.54 Å². The summed E-state index contributed by atoms with van der Waals surface area (Å²) in [6.45, 7) is 4.17. The van der Waals surface area contributed by atoms with Crippen LogP contribution in [0.1, 0.15) is 54.3 Å². The van der Waals surface area contributed by atoms with Gasteiger partial charge in [-0.2, -0.15) is 0 Å². The van der Waals surface area contributed by atoms with Crippen molar-refractivity contribution in [2.45, 2.75) is 52.1 Å². The van der Waals surface area contributed by atoms with E-state index in [1.54, 1.807) is 25.4 Å². The number of nitrogens with zero attached hydrogens (tertiary/aromatic N) is 1. The fourth-order valence-electron chi connectivity index (χ4n) is 3.24. The lowest BCUT2D eigenvalue weighted by Gasteiger charge is -2.15. The highest BCUT2D eigenvalue weighted by molar-refractivity contribution is 7.17. The third-order valence-electron chi connectivity index (χ3n) is 4.88. The van der Waals surface area contributed by atoms with Gasteiger partial charge in [-0.1, -0.05) is 11.6 Å². The standard InChI is InChI=1S/C22H26N2O3S/c1-15-14-23-12-11-18(15)19-8-9-20(28-19)22(26)27-16(2)21(25)24-13-10-17-6-4-3-5-7-17/h6,8-9,11-12,14,16H,3-5,7,10,13H2,1-2H3,(H,24,25). The Morgan fingerprint density at radius 3 is 2.89 bits per heavy atom. The van der Waals surface area contributed by atoms with Crippen molar-refractivity contribution in [2.24, 2.45) is 0 Å². The number of hydrogen-bond acceptors (Lipinski definition) is 5. The van der Waals surface area contributed by atoms with E-state index in [2.05, 4.69) is 16.4 Å². The van der Waals surface area contributed by atoms with Crippen LogP contribution in [0.25, 0.3) is 10.4 Å². The first-order valence-electron chi connectivity index (χ1n) is 9.72. The number of rotatable bonds is 7. The highest BCUT2D eigenvalue weighted by atomic mass is 32.1. The number of amides is 1. The van der Waals surface area contributed by atoms with Gasteiger partial charge in [0.05, 0.1) is 0 Å². The lowest BCUT2D eigenvalue weighted by molar-refractivity contribution is -0.129. The largest absolute Gasteiger partial charge is 0.448 e. The maximum Gasteiger partial charge on any atom is 0.349 e. The van der Waals surface area contributed by atoms with Crippen molar-refractivity contribution >= 4 is 23.2 Å². The molecule has 2 heterocycles. The van der Waals surface area contributed by atoms with Gasteiger partial charge in [0.25, 0.3) is 5.91 Å². The number of carbonyl (C=O) groups excluding carboxylic acids is 2. The molecular weight excluding hydrogens is 372 g/mol. The summed E-state index contributed by atoms with van der Waals surface area (Å²) in [6, 6.07) is 5.56. The van der Waals surface area contributed by atoms with Gasteiger partial charge in [-0.05, 0) is 75.3 Å². The summed E-state index contributed by atoms with van der Waals surface area (Å²) in [5, 5.41) is 2.86. The molecule has 28 heavy (non-hydrogen) atoms. The van der Waals surface area contributed by atoms with E-state index in [4.69, 9.17) is 4.74 Å². The highest BCUT2D eigenvalue weighted by Gasteiger charge is 2.20. The van der Waals surface area contributed by atoms with E-state index < -0.39 is 12.1 Å². The number of allylic oxidation sites excluding steroid dienone is 1. The molecule has 1 N–H and O–H groups in total. The molecule has 1 unspecified atom stereocenters. The molecule has 0 radical (unpaired) electrons. The summed E-state index contributed by atoms with van der Waals surface area (Å²) in [4.78, 5) is 30.2. The van der Waals surface area contributed by atoms with Crippen LogP contribution in [0.3, 0.4) is 0 Å². The van der Waals surface area contributed by atoms with Gasteiger partial charge >= 0.3 is 5.97 Å². The van der Waals surface area contributed by atoms with Crippen LogP contribution in [0.4, 0.5) is 0 Å². The fourth-order valence-corrected chi connectivity index (χ4v) is 4.22. The Kier molecular flexibility index (Phi) is 6.98. The zero-order valence-electron chi connectivity index (χ0n) is 16.4. The molecular formula is C22H26N2O3S. The normalized spacial score (nSPS) is 14.9. The van der Waals surface area contributed by atoms with Gasteiger partial charge in [-0.15, -0.1) is 11.3 Å². The fraction of sp³-hybridized carbons (Fsp3) is 0.409. The molecule has 0 aromatic carbocycles. The molecule has 0 saturated heterocycles. The molecule has 148 valence electrons. The van der Waals surface area contributed by atoms with Gasteiger partial charge in [0.2, 0.25) is 0 Å². The van der Waals surface area contributed by atoms with Crippen molar-refractivity contribution in [3.63, 3.8) is 0 Å². The topological polar surface area (TPSA) is 68.3 Å². The Morgan fingerprint density at radius 1 is 1.29 bits per heavy atom. The average Bonchev–Trinajstić information content (AvgIpc) is 3.19. The second kappa shape index (κ2) is 9.64. The lowest BCUT2D eigenvalue weighted by atomic mass is 9.97. The third kappa shape index (κ3) is 5.29.